The van der Waals surface area contributed by atoms with Crippen molar-refractivity contribution in [3.05, 3.63) is 46.8 Å². The predicted octanol–water partition coefficient (Wildman–Crippen LogP) is 4.39. The van der Waals surface area contributed by atoms with Gasteiger partial charge in [0.2, 0.25) is 0 Å². The van der Waals surface area contributed by atoms with Gasteiger partial charge in [-0.1, -0.05) is 38.5 Å². The van der Waals surface area contributed by atoms with Gasteiger partial charge in [-0.2, -0.15) is 0 Å². The second-order valence-corrected chi connectivity index (χ2v) is 6.88. The van der Waals surface area contributed by atoms with Gasteiger partial charge in [0.25, 0.3) is 0 Å². The maximum atomic E-state index is 6.14. The summed E-state index contributed by atoms with van der Waals surface area (Å²) >= 11 is 0. The van der Waals surface area contributed by atoms with Crippen LogP contribution in [0.2, 0.25) is 0 Å². The standard InChI is InChI=1S/C18H23NO/c1-12-17-14(9-10-19-12)11-16(20-17)13-5-7-15(8-6-13)18(2,3)4/h5,7,9-10,16H,6,8,11H2,1-4H3. The summed E-state index contributed by atoms with van der Waals surface area (Å²) < 4.78 is 6.14. The first-order valence-corrected chi connectivity index (χ1v) is 7.46. The van der Waals surface area contributed by atoms with Gasteiger partial charge in [0, 0.05) is 18.2 Å². The fourth-order valence-corrected chi connectivity index (χ4v) is 3.06. The molecule has 0 N–H and O–H groups in total. The number of nitrogens with zero attached hydrogens (tertiary/aromatic N) is 1. The van der Waals surface area contributed by atoms with Gasteiger partial charge < -0.3 is 4.74 Å². The maximum absolute atomic E-state index is 6.14. The van der Waals surface area contributed by atoms with E-state index in [0.717, 1.165) is 30.7 Å². The van der Waals surface area contributed by atoms with E-state index in [1.807, 2.05) is 13.1 Å². The highest BCUT2D eigenvalue weighted by Crippen LogP contribution is 2.38. The van der Waals surface area contributed by atoms with Gasteiger partial charge in [-0.25, -0.2) is 0 Å². The largest absolute Gasteiger partial charge is 0.484 e. The molecule has 0 spiro atoms. The molecule has 1 aliphatic heterocycles. The summed E-state index contributed by atoms with van der Waals surface area (Å²) in [6, 6.07) is 2.09. The zero-order valence-electron chi connectivity index (χ0n) is 12.9. The zero-order valence-corrected chi connectivity index (χ0v) is 12.9. The third-order valence-electron chi connectivity index (χ3n) is 4.39. The van der Waals surface area contributed by atoms with Gasteiger partial charge in [-0.15, -0.1) is 0 Å². The molecule has 0 amide bonds. The minimum absolute atomic E-state index is 0.214. The topological polar surface area (TPSA) is 22.1 Å². The van der Waals surface area contributed by atoms with Crippen LogP contribution in [0.25, 0.3) is 0 Å². The van der Waals surface area contributed by atoms with Crippen molar-refractivity contribution in [3.63, 3.8) is 0 Å². The Balaban J connectivity index is 1.80. The van der Waals surface area contributed by atoms with E-state index < -0.39 is 0 Å². The average molecular weight is 269 g/mol. The molecule has 20 heavy (non-hydrogen) atoms. The van der Waals surface area contributed by atoms with E-state index in [1.165, 1.54) is 16.7 Å². The Bertz CT molecular complexity index is 590. The number of pyridine rings is 1. The molecule has 2 aliphatic rings. The number of hydrogen-bond acceptors (Lipinski definition) is 2. The summed E-state index contributed by atoms with van der Waals surface area (Å²) in [7, 11) is 0. The first-order chi connectivity index (χ1) is 9.45. The minimum atomic E-state index is 0.214. The number of fused-ring (bicyclic) bond motifs is 1. The average Bonchev–Trinajstić information content (AvgIpc) is 2.83. The molecule has 106 valence electrons. The molecule has 2 nitrogen and oxygen atoms in total. The summed E-state index contributed by atoms with van der Waals surface area (Å²) in [6.45, 7) is 8.88. The quantitative estimate of drug-likeness (QED) is 0.754. The van der Waals surface area contributed by atoms with E-state index >= 15 is 0 Å². The molecule has 2 heterocycles. The summed E-state index contributed by atoms with van der Waals surface area (Å²) in [5.41, 5.74) is 5.55. The normalized spacial score (nSPS) is 21.9. The van der Waals surface area contributed by atoms with Gasteiger partial charge in [0.15, 0.2) is 0 Å². The Labute approximate surface area is 121 Å². The molecule has 1 atom stereocenters. The number of aryl methyl sites for hydroxylation is 1. The van der Waals surface area contributed by atoms with Crippen LogP contribution < -0.4 is 4.74 Å². The molecule has 1 unspecified atom stereocenters. The van der Waals surface area contributed by atoms with Gasteiger partial charge in [0.05, 0.1) is 5.69 Å². The lowest BCUT2D eigenvalue weighted by Crippen LogP contribution is -2.20. The van der Waals surface area contributed by atoms with Crippen LogP contribution >= 0.6 is 0 Å². The number of rotatable bonds is 1. The van der Waals surface area contributed by atoms with Crippen LogP contribution in [0, 0.1) is 12.3 Å². The van der Waals surface area contributed by atoms with Crippen LogP contribution in [0.3, 0.4) is 0 Å². The van der Waals surface area contributed by atoms with Crippen LogP contribution in [0.5, 0.6) is 5.75 Å². The van der Waals surface area contributed by atoms with Crippen LogP contribution in [0.4, 0.5) is 0 Å². The Morgan fingerprint density at radius 2 is 2.00 bits per heavy atom. The van der Waals surface area contributed by atoms with Crippen molar-refractivity contribution in [2.75, 3.05) is 0 Å². The molecule has 0 saturated heterocycles. The molecule has 0 fully saturated rings. The Hall–Kier alpha value is -1.57. The van der Waals surface area contributed by atoms with Gasteiger partial charge in [0.1, 0.15) is 11.9 Å². The van der Waals surface area contributed by atoms with Crippen molar-refractivity contribution in [1.29, 1.82) is 0 Å². The van der Waals surface area contributed by atoms with Crippen LogP contribution in [-0.2, 0) is 6.42 Å². The van der Waals surface area contributed by atoms with Crippen molar-refractivity contribution in [2.24, 2.45) is 5.41 Å². The minimum Gasteiger partial charge on any atom is -0.484 e. The molecule has 2 heteroatoms. The van der Waals surface area contributed by atoms with Crippen molar-refractivity contribution in [3.8, 4) is 5.75 Å². The molecular weight excluding hydrogens is 246 g/mol. The second kappa shape index (κ2) is 4.76. The lowest BCUT2D eigenvalue weighted by Gasteiger charge is -2.27. The molecule has 0 radical (unpaired) electrons. The molecule has 0 bridgehead atoms. The number of allylic oxidation sites excluding steroid dienone is 3. The highest BCUT2D eigenvalue weighted by molar-refractivity contribution is 5.43. The highest BCUT2D eigenvalue weighted by atomic mass is 16.5. The predicted molar refractivity (Wildman–Crippen MR) is 81.9 cm³/mol. The van der Waals surface area contributed by atoms with Crippen LogP contribution in [0.15, 0.2) is 35.6 Å². The van der Waals surface area contributed by atoms with E-state index in [-0.39, 0.29) is 11.5 Å². The Morgan fingerprint density at radius 3 is 2.60 bits per heavy atom. The number of hydrogen-bond donors (Lipinski definition) is 0. The zero-order chi connectivity index (χ0) is 14.3. The fraction of sp³-hybridized carbons (Fsp3) is 0.500. The summed E-state index contributed by atoms with van der Waals surface area (Å²) in [5.74, 6) is 1.00. The molecule has 0 saturated carbocycles. The van der Waals surface area contributed by atoms with E-state index in [4.69, 9.17) is 4.74 Å². The summed E-state index contributed by atoms with van der Waals surface area (Å²) in [4.78, 5) is 4.32. The smallest absolute Gasteiger partial charge is 0.144 e. The van der Waals surface area contributed by atoms with E-state index in [0.29, 0.717) is 0 Å². The van der Waals surface area contributed by atoms with Crippen molar-refractivity contribution < 1.29 is 4.74 Å². The molecule has 3 rings (SSSR count). The lowest BCUT2D eigenvalue weighted by molar-refractivity contribution is 0.261. The number of aromatic nitrogens is 1. The SMILES string of the molecule is Cc1nccc2c1OC(C1=CC=C(C(C)(C)C)CC1)C2. The third-order valence-corrected chi connectivity index (χ3v) is 4.39. The monoisotopic (exact) mass is 269 g/mol. The van der Waals surface area contributed by atoms with Crippen molar-refractivity contribution >= 4 is 0 Å². The van der Waals surface area contributed by atoms with Crippen LogP contribution in [-0.4, -0.2) is 11.1 Å². The van der Waals surface area contributed by atoms with E-state index in [9.17, 15) is 0 Å². The van der Waals surface area contributed by atoms with Gasteiger partial charge in [-0.3, -0.25) is 4.98 Å². The maximum Gasteiger partial charge on any atom is 0.144 e. The van der Waals surface area contributed by atoms with Crippen LogP contribution in [0.1, 0.15) is 44.9 Å². The molecule has 0 aromatic carbocycles. The highest BCUT2D eigenvalue weighted by Gasteiger charge is 2.29. The first-order valence-electron chi connectivity index (χ1n) is 7.46. The van der Waals surface area contributed by atoms with Crippen molar-refractivity contribution in [2.45, 2.75) is 53.1 Å². The van der Waals surface area contributed by atoms with Gasteiger partial charge in [-0.05, 0) is 36.8 Å². The van der Waals surface area contributed by atoms with E-state index in [1.54, 1.807) is 0 Å². The number of ether oxygens (including phenoxy) is 1. The molecule has 1 aromatic heterocycles. The molecule has 1 aromatic rings. The summed E-state index contributed by atoms with van der Waals surface area (Å²) in [6.07, 6.45) is 9.94. The first kappa shape index (κ1) is 13.4. The Morgan fingerprint density at radius 1 is 1.20 bits per heavy atom. The third kappa shape index (κ3) is 2.39. The molecular formula is C18H23NO. The van der Waals surface area contributed by atoms with E-state index in [2.05, 4.69) is 44.0 Å². The Kier molecular flexibility index (Phi) is 3.19. The summed E-state index contributed by atoms with van der Waals surface area (Å²) in [5, 5.41) is 0. The van der Waals surface area contributed by atoms with Gasteiger partial charge >= 0.3 is 0 Å². The molecule has 1 aliphatic carbocycles. The van der Waals surface area contributed by atoms with Crippen molar-refractivity contribution in [1.82, 2.24) is 4.98 Å². The lowest BCUT2D eigenvalue weighted by atomic mass is 9.79. The fourth-order valence-electron chi connectivity index (χ4n) is 3.06. The second-order valence-electron chi connectivity index (χ2n) is 6.88.